The smallest absolute Gasteiger partial charge is 0.166 e. The standard InChI is InChI=1S/C27H29O5S/c1-4-29-18-20-31-23-8-14-26(15-9-23)33(25-12-6-22(28-3)7-13-25)27-16-10-24(11-17-27)32-21-19-30-5-2/h4-17H,1-2,18-21H2,3H3/q+1. The van der Waals surface area contributed by atoms with Crippen molar-refractivity contribution in [1.82, 2.24) is 0 Å². The Morgan fingerprint density at radius 2 is 0.939 bits per heavy atom. The van der Waals surface area contributed by atoms with Gasteiger partial charge in [-0.25, -0.2) is 0 Å². The van der Waals surface area contributed by atoms with E-state index in [-0.39, 0.29) is 10.9 Å². The van der Waals surface area contributed by atoms with E-state index in [2.05, 4.69) is 49.6 Å². The van der Waals surface area contributed by atoms with Crippen molar-refractivity contribution in [3.63, 3.8) is 0 Å². The number of methoxy groups -OCH3 is 1. The van der Waals surface area contributed by atoms with Gasteiger partial charge in [0.1, 0.15) is 43.7 Å². The molecule has 0 heterocycles. The predicted octanol–water partition coefficient (Wildman–Crippen LogP) is 5.87. The van der Waals surface area contributed by atoms with E-state index in [0.29, 0.717) is 26.4 Å². The lowest BCUT2D eigenvalue weighted by atomic mass is 10.3. The molecule has 33 heavy (non-hydrogen) atoms. The first-order valence-electron chi connectivity index (χ1n) is 10.5. The summed E-state index contributed by atoms with van der Waals surface area (Å²) in [5.74, 6) is 2.43. The van der Waals surface area contributed by atoms with Crippen LogP contribution in [-0.2, 0) is 20.4 Å². The molecular weight excluding hydrogens is 436 g/mol. The molecule has 0 aliphatic carbocycles. The maximum atomic E-state index is 5.74. The minimum absolute atomic E-state index is 0.302. The van der Waals surface area contributed by atoms with Crippen molar-refractivity contribution in [2.24, 2.45) is 0 Å². The van der Waals surface area contributed by atoms with Crippen LogP contribution in [0.5, 0.6) is 17.2 Å². The molecule has 0 N–H and O–H groups in total. The van der Waals surface area contributed by atoms with Gasteiger partial charge in [0, 0.05) is 0 Å². The lowest BCUT2D eigenvalue weighted by Gasteiger charge is -2.11. The second kappa shape index (κ2) is 13.1. The SMILES string of the molecule is C=COCCOc1ccc([S+](c2ccc(OC)cc2)c2ccc(OCCOC=C)cc2)cc1. The molecule has 0 atom stereocenters. The van der Waals surface area contributed by atoms with Crippen molar-refractivity contribution in [2.75, 3.05) is 33.5 Å². The monoisotopic (exact) mass is 465 g/mol. The van der Waals surface area contributed by atoms with Crippen LogP contribution in [0.2, 0.25) is 0 Å². The first kappa shape index (κ1) is 24.1. The van der Waals surface area contributed by atoms with Crippen molar-refractivity contribution in [2.45, 2.75) is 14.7 Å². The van der Waals surface area contributed by atoms with E-state index in [9.17, 15) is 0 Å². The van der Waals surface area contributed by atoms with Gasteiger partial charge in [-0.15, -0.1) is 0 Å². The van der Waals surface area contributed by atoms with Crippen LogP contribution < -0.4 is 14.2 Å². The summed E-state index contributed by atoms with van der Waals surface area (Å²) in [6.45, 7) is 8.93. The van der Waals surface area contributed by atoms with Gasteiger partial charge >= 0.3 is 0 Å². The van der Waals surface area contributed by atoms with E-state index in [4.69, 9.17) is 23.7 Å². The Kier molecular flexibility index (Phi) is 9.61. The Hall–Kier alpha value is -3.51. The molecule has 0 unspecified atom stereocenters. The molecule has 0 bridgehead atoms. The predicted molar refractivity (Wildman–Crippen MR) is 131 cm³/mol. The van der Waals surface area contributed by atoms with Gasteiger partial charge in [0.2, 0.25) is 0 Å². The zero-order chi connectivity index (χ0) is 23.3. The van der Waals surface area contributed by atoms with E-state index in [1.807, 2.05) is 36.4 Å². The van der Waals surface area contributed by atoms with Gasteiger partial charge in [0.15, 0.2) is 14.7 Å². The fraction of sp³-hybridized carbons (Fsp3) is 0.185. The van der Waals surface area contributed by atoms with Crippen LogP contribution in [0.1, 0.15) is 0 Å². The number of ether oxygens (including phenoxy) is 5. The molecule has 0 amide bonds. The Morgan fingerprint density at radius 1 is 0.576 bits per heavy atom. The van der Waals surface area contributed by atoms with Gasteiger partial charge < -0.3 is 23.7 Å². The van der Waals surface area contributed by atoms with E-state index >= 15 is 0 Å². The molecule has 3 aromatic carbocycles. The summed E-state index contributed by atoms with van der Waals surface area (Å²) in [6, 6.07) is 24.6. The summed E-state index contributed by atoms with van der Waals surface area (Å²) in [7, 11) is 1.37. The highest BCUT2D eigenvalue weighted by molar-refractivity contribution is 7.97. The van der Waals surface area contributed by atoms with Crippen LogP contribution in [-0.4, -0.2) is 33.5 Å². The Morgan fingerprint density at radius 3 is 1.27 bits per heavy atom. The second-order valence-corrected chi connectivity index (χ2v) is 8.72. The Labute approximate surface area is 198 Å². The molecule has 0 aliphatic rings. The van der Waals surface area contributed by atoms with Gasteiger partial charge in [0.05, 0.1) is 30.5 Å². The molecule has 3 rings (SSSR count). The highest BCUT2D eigenvalue weighted by Crippen LogP contribution is 2.34. The number of rotatable bonds is 14. The van der Waals surface area contributed by atoms with Crippen molar-refractivity contribution in [3.8, 4) is 17.2 Å². The summed E-state index contributed by atoms with van der Waals surface area (Å²) in [4.78, 5) is 3.56. The van der Waals surface area contributed by atoms with E-state index in [1.165, 1.54) is 27.2 Å². The maximum Gasteiger partial charge on any atom is 0.166 e. The van der Waals surface area contributed by atoms with Crippen LogP contribution >= 0.6 is 0 Å². The third-order valence-corrected chi connectivity index (χ3v) is 6.82. The molecule has 0 radical (unpaired) electrons. The lowest BCUT2D eigenvalue weighted by Crippen LogP contribution is -2.07. The van der Waals surface area contributed by atoms with Gasteiger partial charge in [-0.1, -0.05) is 13.2 Å². The average Bonchev–Trinajstić information content (AvgIpc) is 2.87. The molecule has 0 spiro atoms. The summed E-state index contributed by atoms with van der Waals surface area (Å²) in [5.41, 5.74) is 0. The Balaban J connectivity index is 1.81. The minimum atomic E-state index is -0.302. The Bertz CT molecular complexity index is 925. The third-order valence-electron chi connectivity index (χ3n) is 4.59. The molecular formula is C27H29O5S+. The number of hydrogen-bond acceptors (Lipinski definition) is 5. The van der Waals surface area contributed by atoms with Crippen molar-refractivity contribution in [3.05, 3.63) is 98.5 Å². The van der Waals surface area contributed by atoms with Crippen LogP contribution in [0, 0.1) is 0 Å². The van der Waals surface area contributed by atoms with E-state index in [0.717, 1.165) is 17.2 Å². The first-order valence-corrected chi connectivity index (χ1v) is 11.8. The topological polar surface area (TPSA) is 46.2 Å². The molecule has 5 nitrogen and oxygen atoms in total. The second-order valence-electron chi connectivity index (χ2n) is 6.70. The van der Waals surface area contributed by atoms with Crippen LogP contribution in [0.15, 0.2) is 113 Å². The van der Waals surface area contributed by atoms with Crippen LogP contribution in [0.25, 0.3) is 0 Å². The van der Waals surface area contributed by atoms with Gasteiger partial charge in [-0.05, 0) is 72.8 Å². The number of hydrogen-bond donors (Lipinski definition) is 0. The maximum absolute atomic E-state index is 5.74. The largest absolute Gasteiger partial charge is 0.498 e. The normalized spacial score (nSPS) is 10.4. The molecule has 0 fully saturated rings. The third kappa shape index (κ3) is 7.26. The summed E-state index contributed by atoms with van der Waals surface area (Å²) >= 11 is 0. The first-order chi connectivity index (χ1) is 16.2. The zero-order valence-electron chi connectivity index (χ0n) is 18.8. The molecule has 0 saturated carbocycles. The lowest BCUT2D eigenvalue weighted by molar-refractivity contribution is 0.179. The van der Waals surface area contributed by atoms with Crippen molar-refractivity contribution >= 4 is 10.9 Å². The van der Waals surface area contributed by atoms with Gasteiger partial charge in [0.25, 0.3) is 0 Å². The molecule has 0 aromatic heterocycles. The van der Waals surface area contributed by atoms with Crippen molar-refractivity contribution < 1.29 is 23.7 Å². The quantitative estimate of drug-likeness (QED) is 0.169. The summed E-state index contributed by atoms with van der Waals surface area (Å²) in [5, 5.41) is 0. The fourth-order valence-electron chi connectivity index (χ4n) is 3.05. The molecule has 0 aliphatic heterocycles. The molecule has 172 valence electrons. The average molecular weight is 466 g/mol. The zero-order valence-corrected chi connectivity index (χ0v) is 19.6. The number of benzene rings is 3. The highest BCUT2D eigenvalue weighted by atomic mass is 32.2. The molecule has 3 aromatic rings. The molecule has 6 heteroatoms. The fourth-order valence-corrected chi connectivity index (χ4v) is 5.09. The summed E-state index contributed by atoms with van der Waals surface area (Å²) in [6.07, 6.45) is 2.83. The van der Waals surface area contributed by atoms with Crippen molar-refractivity contribution in [1.29, 1.82) is 0 Å². The van der Waals surface area contributed by atoms with Crippen LogP contribution in [0.4, 0.5) is 0 Å². The minimum Gasteiger partial charge on any atom is -0.498 e. The van der Waals surface area contributed by atoms with E-state index in [1.54, 1.807) is 7.11 Å². The van der Waals surface area contributed by atoms with Gasteiger partial charge in [-0.3, -0.25) is 0 Å². The van der Waals surface area contributed by atoms with E-state index < -0.39 is 0 Å². The molecule has 0 saturated heterocycles. The highest BCUT2D eigenvalue weighted by Gasteiger charge is 2.29. The van der Waals surface area contributed by atoms with Gasteiger partial charge in [-0.2, -0.15) is 0 Å². The summed E-state index contributed by atoms with van der Waals surface area (Å²) < 4.78 is 27.0. The van der Waals surface area contributed by atoms with Crippen LogP contribution in [0.3, 0.4) is 0 Å².